The third-order valence-electron chi connectivity index (χ3n) is 12.8. The van der Waals surface area contributed by atoms with E-state index in [-0.39, 0.29) is 0 Å². The SMILES string of the molecule is CCN1CC=CC=C1C1=C2[CH]C(Cl)C(Cl)(N2)C(Cl)(C2=CC=CCN2CC)C2=NC(Cl)(C=C2)C(Cl)(C2=CC=CCN2CC)c2ccc([nH]2)C(C2=CC=CCN2CC)=C2C=CC1=N2. The summed E-state index contributed by atoms with van der Waals surface area (Å²) in [5.41, 5.74) is 9.59. The molecule has 13 heteroatoms. The number of rotatable bonds is 8. The molecule has 1 radical (unpaired) electrons. The van der Waals surface area contributed by atoms with Gasteiger partial charge in [0.1, 0.15) is 0 Å². The summed E-state index contributed by atoms with van der Waals surface area (Å²) >= 11 is 40.4. The van der Waals surface area contributed by atoms with Gasteiger partial charge >= 0.3 is 0 Å². The molecule has 0 saturated carbocycles. The maximum absolute atomic E-state index is 8.32. The maximum Gasteiger partial charge on any atom is 0.182 e. The number of nitrogens with zero attached hydrogens (tertiary/aromatic N) is 6. The number of hydrogen-bond acceptors (Lipinski definition) is 7. The van der Waals surface area contributed by atoms with Crippen molar-refractivity contribution in [1.82, 2.24) is 29.9 Å². The van der Waals surface area contributed by atoms with Gasteiger partial charge in [0.25, 0.3) is 0 Å². The van der Waals surface area contributed by atoms with Crippen LogP contribution in [0.15, 0.2) is 159 Å². The van der Waals surface area contributed by atoms with E-state index in [1.807, 2.05) is 48.9 Å². The molecule has 8 bridgehead atoms. The van der Waals surface area contributed by atoms with Gasteiger partial charge in [-0.2, -0.15) is 0 Å². The number of hydrogen-bond donors (Lipinski definition) is 2. The Bertz CT molecular complexity index is 2450. The van der Waals surface area contributed by atoms with Crippen molar-refractivity contribution >= 4 is 75.0 Å². The van der Waals surface area contributed by atoms with Crippen LogP contribution in [0.3, 0.4) is 0 Å². The average Bonchev–Trinajstić information content (AvgIpc) is 4.12. The molecule has 61 heavy (non-hydrogen) atoms. The second kappa shape index (κ2) is 16.3. The molecule has 8 aliphatic rings. The normalized spacial score (nSPS) is 31.8. The molecule has 0 amide bonds. The number of aromatic amines is 1. The molecule has 0 aromatic carbocycles. The lowest BCUT2D eigenvalue weighted by Gasteiger charge is -2.47. The quantitative estimate of drug-likeness (QED) is 0.201. The van der Waals surface area contributed by atoms with Crippen molar-refractivity contribution in [2.24, 2.45) is 9.98 Å². The molecule has 1 fully saturated rings. The maximum atomic E-state index is 8.32. The molecule has 0 spiro atoms. The van der Waals surface area contributed by atoms with E-state index in [2.05, 4.69) is 124 Å². The molecule has 5 unspecified atom stereocenters. The van der Waals surface area contributed by atoms with Gasteiger partial charge in [0, 0.05) is 110 Å². The topological polar surface area (TPSA) is 65.5 Å². The minimum absolute atomic E-state index is 0.432. The van der Waals surface area contributed by atoms with Gasteiger partial charge in [-0.05, 0) is 88.4 Å². The fourth-order valence-electron chi connectivity index (χ4n) is 9.57. The number of H-pyrrole nitrogens is 1. The summed E-state index contributed by atoms with van der Waals surface area (Å²) in [6, 6.07) is 4.11. The van der Waals surface area contributed by atoms with E-state index in [4.69, 9.17) is 68.0 Å². The van der Waals surface area contributed by atoms with Crippen LogP contribution in [0.1, 0.15) is 39.1 Å². The van der Waals surface area contributed by atoms with Gasteiger partial charge in [-0.3, -0.25) is 4.99 Å². The summed E-state index contributed by atoms with van der Waals surface area (Å²) in [6.45, 7) is 14.2. The van der Waals surface area contributed by atoms with Gasteiger partial charge in [-0.25, -0.2) is 4.99 Å². The largest absolute Gasteiger partial charge is 0.369 e. The number of aromatic nitrogens is 1. The van der Waals surface area contributed by atoms with Crippen LogP contribution in [-0.4, -0.2) is 109 Å². The van der Waals surface area contributed by atoms with Gasteiger partial charge < -0.3 is 29.9 Å². The number of allylic oxidation sites excluding steroid dienone is 14. The lowest BCUT2D eigenvalue weighted by molar-refractivity contribution is 0.330. The number of halogens is 5. The summed E-state index contributed by atoms with van der Waals surface area (Å²) in [6.07, 6.45) is 35.0. The van der Waals surface area contributed by atoms with Crippen molar-refractivity contribution in [2.75, 3.05) is 52.4 Å². The Morgan fingerprint density at radius 3 is 1.84 bits per heavy atom. The van der Waals surface area contributed by atoms with E-state index in [1.54, 1.807) is 0 Å². The van der Waals surface area contributed by atoms with Crippen LogP contribution in [0.4, 0.5) is 0 Å². The highest BCUT2D eigenvalue weighted by Gasteiger charge is 2.66. The van der Waals surface area contributed by atoms with Crippen LogP contribution in [0, 0.1) is 6.42 Å². The second-order valence-corrected chi connectivity index (χ2v) is 18.7. The Balaban J connectivity index is 1.38. The first-order valence-corrected chi connectivity index (χ1v) is 23.2. The summed E-state index contributed by atoms with van der Waals surface area (Å²) in [5.74, 6) is 0. The minimum Gasteiger partial charge on any atom is -0.369 e. The molecule has 0 aliphatic carbocycles. The van der Waals surface area contributed by atoms with Crippen molar-refractivity contribution < 1.29 is 0 Å². The fraction of sp³-hybridized carbons (Fsp3) is 0.354. The molecule has 9 heterocycles. The predicted molar refractivity (Wildman–Crippen MR) is 256 cm³/mol. The third-order valence-corrected chi connectivity index (χ3v) is 16.0. The van der Waals surface area contributed by atoms with Crippen molar-refractivity contribution in [1.29, 1.82) is 0 Å². The van der Waals surface area contributed by atoms with Gasteiger partial charge in [-0.15, -0.1) is 34.8 Å². The van der Waals surface area contributed by atoms with E-state index >= 15 is 0 Å². The van der Waals surface area contributed by atoms with Crippen LogP contribution in [0.5, 0.6) is 0 Å². The molecular formula is C48H50Cl5N8. The van der Waals surface area contributed by atoms with Crippen LogP contribution >= 0.6 is 58.0 Å². The first-order valence-electron chi connectivity index (χ1n) is 21.2. The molecule has 1 aromatic rings. The fourth-order valence-corrected chi connectivity index (χ4v) is 11.5. The zero-order valence-corrected chi connectivity index (χ0v) is 38.6. The highest BCUT2D eigenvalue weighted by atomic mass is 35.5. The van der Waals surface area contributed by atoms with E-state index < -0.39 is 25.1 Å². The molecule has 8 nitrogen and oxygen atoms in total. The summed E-state index contributed by atoms with van der Waals surface area (Å²) in [7, 11) is 0. The van der Waals surface area contributed by atoms with Crippen LogP contribution in [-0.2, 0) is 4.87 Å². The molecule has 1 aromatic heterocycles. The number of nitrogens with one attached hydrogen (secondary N) is 2. The Morgan fingerprint density at radius 1 is 0.672 bits per heavy atom. The Kier molecular flexibility index (Phi) is 11.3. The smallest absolute Gasteiger partial charge is 0.182 e. The van der Waals surface area contributed by atoms with Crippen LogP contribution in [0.2, 0.25) is 0 Å². The summed E-state index contributed by atoms with van der Waals surface area (Å²) < 4.78 is 0. The lowest BCUT2D eigenvalue weighted by Crippen LogP contribution is -2.64. The number of likely N-dealkylation sites (N-methyl/N-ethyl adjacent to an activating group) is 4. The average molecular weight is 916 g/mol. The summed E-state index contributed by atoms with van der Waals surface area (Å²) in [5, 5.41) is 2.91. The Labute approximate surface area is 384 Å². The standard InChI is InChI=1S/C48H50Cl5N8/c1-5-58-27-13-9-17-36(58)43-32-21-22-33(54-32)44(37-18-10-14-28-59(37)6-2)35-31-38(49)48(53,56-35)47(52,42-20-12-16-30-61(42)8-4)40-25-26-45(50,57-40)46(51,39-24-23-34(43)55-39)41-19-11-15-29-60(41)7-3/h9-26,31,38,55-56H,5-8,27-30H2,1-4H3. The van der Waals surface area contributed by atoms with Gasteiger partial charge in [-0.1, -0.05) is 71.8 Å². The number of alkyl halides is 5. The first-order chi connectivity index (χ1) is 29.4. The van der Waals surface area contributed by atoms with Gasteiger partial charge in [0.05, 0.1) is 22.5 Å². The predicted octanol–water partition coefficient (Wildman–Crippen LogP) is 9.81. The third kappa shape index (κ3) is 6.53. The first kappa shape index (κ1) is 42.3. The zero-order chi connectivity index (χ0) is 42.7. The van der Waals surface area contributed by atoms with E-state index in [1.165, 1.54) is 0 Å². The van der Waals surface area contributed by atoms with Gasteiger partial charge in [0.2, 0.25) is 0 Å². The zero-order valence-electron chi connectivity index (χ0n) is 34.8. The molecule has 1 saturated heterocycles. The minimum atomic E-state index is -1.59. The van der Waals surface area contributed by atoms with Crippen LogP contribution < -0.4 is 5.32 Å². The Hall–Kier alpha value is -4.05. The van der Waals surface area contributed by atoms with Crippen molar-refractivity contribution in [2.45, 2.75) is 52.8 Å². The molecule has 5 atom stereocenters. The molecule has 9 rings (SSSR count). The number of aliphatic imine (C=N–C) groups is 2. The molecule has 2 N–H and O–H groups in total. The van der Waals surface area contributed by atoms with Gasteiger partial charge in [0.15, 0.2) is 19.7 Å². The summed E-state index contributed by atoms with van der Waals surface area (Å²) in [4.78, 5) is 17.7. The second-order valence-electron chi connectivity index (χ2n) is 16.0. The van der Waals surface area contributed by atoms with E-state index in [0.29, 0.717) is 37.6 Å². The number of fused-ring (bicyclic) bond motifs is 6. The van der Waals surface area contributed by atoms with E-state index in [9.17, 15) is 0 Å². The van der Waals surface area contributed by atoms with Crippen molar-refractivity contribution in [3.8, 4) is 0 Å². The van der Waals surface area contributed by atoms with Crippen molar-refractivity contribution in [3.63, 3.8) is 0 Å². The highest BCUT2D eigenvalue weighted by Crippen LogP contribution is 2.58. The van der Waals surface area contributed by atoms with E-state index in [0.717, 1.165) is 82.9 Å². The molecule has 317 valence electrons. The van der Waals surface area contributed by atoms with Crippen molar-refractivity contribution in [3.05, 3.63) is 167 Å². The van der Waals surface area contributed by atoms with Crippen LogP contribution in [0.25, 0.3) is 5.57 Å². The molecular weight excluding hydrogens is 866 g/mol. The Morgan fingerprint density at radius 2 is 1.23 bits per heavy atom. The highest BCUT2D eigenvalue weighted by molar-refractivity contribution is 6.50. The lowest BCUT2D eigenvalue weighted by atomic mass is 9.85. The molecule has 8 aliphatic heterocycles. The monoisotopic (exact) mass is 913 g/mol.